The number of hydrogen-bond donors (Lipinski definition) is 1. The number of rotatable bonds is 3. The Hall–Kier alpha value is -1.97. The van der Waals surface area contributed by atoms with Gasteiger partial charge in [-0.15, -0.1) is 10.2 Å². The molecule has 0 fully saturated rings. The van der Waals surface area contributed by atoms with Gasteiger partial charge in [0.2, 0.25) is 0 Å². The zero-order chi connectivity index (χ0) is 14.9. The van der Waals surface area contributed by atoms with Gasteiger partial charge >= 0.3 is 6.18 Å². The van der Waals surface area contributed by atoms with Gasteiger partial charge in [-0.2, -0.15) is 18.0 Å². The highest BCUT2D eigenvalue weighted by Crippen LogP contribution is 2.32. The molecule has 108 valence electrons. The fourth-order valence-corrected chi connectivity index (χ4v) is 2.56. The van der Waals surface area contributed by atoms with Crippen molar-refractivity contribution in [2.75, 3.05) is 5.73 Å². The number of aryl methyl sites for hydroxylation is 1. The van der Waals surface area contributed by atoms with Crippen LogP contribution in [0, 0.1) is 0 Å². The van der Waals surface area contributed by atoms with Crippen LogP contribution in [0.3, 0.4) is 0 Å². The molecule has 20 heavy (non-hydrogen) atoms. The van der Waals surface area contributed by atoms with E-state index >= 15 is 0 Å². The van der Waals surface area contributed by atoms with E-state index in [1.807, 2.05) is 0 Å². The summed E-state index contributed by atoms with van der Waals surface area (Å²) in [5, 5.41) is 11.1. The first-order valence-electron chi connectivity index (χ1n) is 5.35. The molecule has 1 aromatic heterocycles. The van der Waals surface area contributed by atoms with Gasteiger partial charge in [0.1, 0.15) is 0 Å². The Balaban J connectivity index is 2.22. The maximum atomic E-state index is 12.5. The molecule has 0 saturated carbocycles. The van der Waals surface area contributed by atoms with Crippen molar-refractivity contribution in [2.24, 2.45) is 7.05 Å². The number of anilines is 1. The van der Waals surface area contributed by atoms with Gasteiger partial charge in [-0.05, 0) is 23.4 Å². The number of nitrogens with two attached hydrogens (primary N) is 1. The van der Waals surface area contributed by atoms with Gasteiger partial charge in [0.15, 0.2) is 5.82 Å². The molecular formula is C10H10F3N5OS. The van der Waals surface area contributed by atoms with Crippen LogP contribution in [0.25, 0.3) is 0 Å². The molecule has 0 aliphatic heterocycles. The molecule has 1 unspecified atom stereocenters. The quantitative estimate of drug-likeness (QED) is 0.859. The highest BCUT2D eigenvalue weighted by molar-refractivity contribution is 7.84. The maximum Gasteiger partial charge on any atom is 0.416 e. The van der Waals surface area contributed by atoms with Crippen LogP contribution in [0.1, 0.15) is 11.4 Å². The molecule has 2 rings (SSSR count). The van der Waals surface area contributed by atoms with Crippen molar-refractivity contribution in [2.45, 2.75) is 16.8 Å². The van der Waals surface area contributed by atoms with Gasteiger partial charge in [0, 0.05) is 5.69 Å². The number of benzene rings is 1. The van der Waals surface area contributed by atoms with E-state index in [1.54, 1.807) is 7.05 Å². The summed E-state index contributed by atoms with van der Waals surface area (Å²) in [5.41, 5.74) is 4.46. The van der Waals surface area contributed by atoms with E-state index in [2.05, 4.69) is 15.4 Å². The summed E-state index contributed by atoms with van der Waals surface area (Å²) >= 11 is 0. The SMILES string of the molecule is Cn1nnc(CS(=O)c2ccc(C(F)(F)F)cc2N)n1. The van der Waals surface area contributed by atoms with Crippen molar-refractivity contribution in [3.05, 3.63) is 29.6 Å². The van der Waals surface area contributed by atoms with Crippen LogP contribution in [-0.2, 0) is 29.8 Å². The van der Waals surface area contributed by atoms with E-state index in [9.17, 15) is 17.4 Å². The summed E-state index contributed by atoms with van der Waals surface area (Å²) in [6.07, 6.45) is -4.49. The van der Waals surface area contributed by atoms with Crippen molar-refractivity contribution in [1.29, 1.82) is 0 Å². The van der Waals surface area contributed by atoms with Gasteiger partial charge in [0.05, 0.1) is 34.1 Å². The van der Waals surface area contributed by atoms with Gasteiger partial charge in [-0.3, -0.25) is 4.21 Å². The van der Waals surface area contributed by atoms with Gasteiger partial charge in [-0.1, -0.05) is 0 Å². The van der Waals surface area contributed by atoms with Crippen molar-refractivity contribution >= 4 is 16.5 Å². The van der Waals surface area contributed by atoms with Gasteiger partial charge in [0.25, 0.3) is 0 Å². The van der Waals surface area contributed by atoms with Gasteiger partial charge in [-0.25, -0.2) is 0 Å². The second-order valence-corrected chi connectivity index (χ2v) is 5.35. The first-order valence-corrected chi connectivity index (χ1v) is 6.67. The van der Waals surface area contributed by atoms with E-state index in [-0.39, 0.29) is 22.2 Å². The predicted octanol–water partition coefficient (Wildman–Crippen LogP) is 1.12. The Morgan fingerprint density at radius 3 is 2.60 bits per heavy atom. The number of hydrogen-bond acceptors (Lipinski definition) is 5. The number of alkyl halides is 3. The smallest absolute Gasteiger partial charge is 0.398 e. The van der Waals surface area contributed by atoms with Crippen LogP contribution in [0.4, 0.5) is 18.9 Å². The number of nitrogen functional groups attached to an aromatic ring is 1. The molecule has 2 N–H and O–H groups in total. The summed E-state index contributed by atoms with van der Waals surface area (Å²) in [6.45, 7) is 0. The van der Waals surface area contributed by atoms with Crippen LogP contribution in [0.5, 0.6) is 0 Å². The standard InChI is InChI=1S/C10H10F3N5OS/c1-18-16-9(15-17-18)5-20(19)8-3-2-6(4-7(8)14)10(11,12)13/h2-4H,5,14H2,1H3. The maximum absolute atomic E-state index is 12.5. The third-order valence-corrected chi connectivity index (χ3v) is 3.78. The second kappa shape index (κ2) is 5.19. The number of nitrogens with zero attached hydrogens (tertiary/aromatic N) is 4. The first-order chi connectivity index (χ1) is 9.27. The van der Waals surface area contributed by atoms with E-state index < -0.39 is 22.5 Å². The fourth-order valence-electron chi connectivity index (χ4n) is 1.51. The van der Waals surface area contributed by atoms with Crippen LogP contribution in [-0.4, -0.2) is 24.4 Å². The molecule has 10 heteroatoms. The van der Waals surface area contributed by atoms with Crippen LogP contribution < -0.4 is 5.73 Å². The van der Waals surface area contributed by atoms with Crippen molar-refractivity contribution in [3.63, 3.8) is 0 Å². The summed E-state index contributed by atoms with van der Waals surface area (Å²) in [6, 6.07) is 2.70. The second-order valence-electron chi connectivity index (χ2n) is 3.94. The lowest BCUT2D eigenvalue weighted by atomic mass is 10.2. The van der Waals surface area contributed by atoms with Crippen LogP contribution in [0.2, 0.25) is 0 Å². The Morgan fingerprint density at radius 1 is 1.40 bits per heavy atom. The zero-order valence-electron chi connectivity index (χ0n) is 10.3. The minimum Gasteiger partial charge on any atom is -0.398 e. The first kappa shape index (κ1) is 14.4. The molecule has 0 bridgehead atoms. The molecular weight excluding hydrogens is 295 g/mol. The summed E-state index contributed by atoms with van der Waals surface area (Å²) in [4.78, 5) is 1.31. The molecule has 0 radical (unpaired) electrons. The molecule has 0 aliphatic carbocycles. The topological polar surface area (TPSA) is 86.7 Å². The minimum absolute atomic E-state index is 0.0661. The van der Waals surface area contributed by atoms with E-state index in [0.717, 1.165) is 18.2 Å². The highest BCUT2D eigenvalue weighted by atomic mass is 32.2. The van der Waals surface area contributed by atoms with Crippen molar-refractivity contribution in [3.8, 4) is 0 Å². The molecule has 2 aromatic rings. The number of aromatic nitrogens is 4. The lowest BCUT2D eigenvalue weighted by molar-refractivity contribution is -0.137. The molecule has 0 spiro atoms. The normalized spacial score (nSPS) is 13.4. The molecule has 0 saturated heterocycles. The van der Waals surface area contributed by atoms with E-state index in [4.69, 9.17) is 5.73 Å². The molecule has 1 atom stereocenters. The average molecular weight is 305 g/mol. The Morgan fingerprint density at radius 2 is 2.10 bits per heavy atom. The lowest BCUT2D eigenvalue weighted by Gasteiger charge is -2.10. The third-order valence-electron chi connectivity index (χ3n) is 2.39. The predicted molar refractivity (Wildman–Crippen MR) is 64.8 cm³/mol. The summed E-state index contributed by atoms with van der Waals surface area (Å²) in [5.74, 6) is 0.161. The van der Waals surface area contributed by atoms with Crippen LogP contribution in [0.15, 0.2) is 23.1 Å². The summed E-state index contributed by atoms with van der Waals surface area (Å²) < 4.78 is 49.5. The van der Waals surface area contributed by atoms with E-state index in [0.29, 0.717) is 0 Å². The zero-order valence-corrected chi connectivity index (χ0v) is 11.1. The molecule has 0 aliphatic rings. The van der Waals surface area contributed by atoms with Crippen molar-refractivity contribution in [1.82, 2.24) is 20.2 Å². The van der Waals surface area contributed by atoms with Crippen LogP contribution >= 0.6 is 0 Å². The average Bonchev–Trinajstić information content (AvgIpc) is 2.73. The molecule has 0 amide bonds. The number of halogens is 3. The van der Waals surface area contributed by atoms with Gasteiger partial charge < -0.3 is 5.73 Å². The lowest BCUT2D eigenvalue weighted by Crippen LogP contribution is -2.08. The van der Waals surface area contributed by atoms with E-state index in [1.165, 1.54) is 4.80 Å². The minimum atomic E-state index is -4.49. The third kappa shape index (κ3) is 3.13. The fraction of sp³-hybridized carbons (Fsp3) is 0.300. The summed E-state index contributed by atoms with van der Waals surface area (Å²) in [7, 11) is -0.0908. The highest BCUT2D eigenvalue weighted by Gasteiger charge is 2.31. The molecule has 1 heterocycles. The van der Waals surface area contributed by atoms with Crippen molar-refractivity contribution < 1.29 is 17.4 Å². The molecule has 1 aromatic carbocycles. The Bertz CT molecular complexity index is 655. The Labute approximate surface area is 114 Å². The molecule has 6 nitrogen and oxygen atoms in total. The monoisotopic (exact) mass is 305 g/mol. The number of tetrazole rings is 1. The Kier molecular flexibility index (Phi) is 3.75. The largest absolute Gasteiger partial charge is 0.416 e.